The van der Waals surface area contributed by atoms with E-state index in [1.165, 1.54) is 241 Å². The molecule has 0 atom stereocenters. The van der Waals surface area contributed by atoms with Crippen LogP contribution in [0.3, 0.4) is 0 Å². The summed E-state index contributed by atoms with van der Waals surface area (Å²) in [4.78, 5) is 4.76. The molecule has 1 heterocycles. The van der Waals surface area contributed by atoms with Crippen molar-refractivity contribution in [1.29, 1.82) is 0 Å². The molecule has 0 unspecified atom stereocenters. The fourth-order valence-corrected chi connectivity index (χ4v) is 13.3. The molecular formula is C71H93N. The van der Waals surface area contributed by atoms with Crippen molar-refractivity contribution in [3.05, 3.63) is 149 Å². The van der Waals surface area contributed by atoms with E-state index in [2.05, 4.69) is 151 Å². The first-order chi connectivity index (χ1) is 35.4. The van der Waals surface area contributed by atoms with Crippen molar-refractivity contribution in [2.24, 2.45) is 0 Å². The summed E-state index contributed by atoms with van der Waals surface area (Å²) in [6.45, 7) is 13.8. The monoisotopic (exact) mass is 960 g/mol. The lowest BCUT2D eigenvalue weighted by atomic mass is 9.69. The third kappa shape index (κ3) is 12.4. The summed E-state index contributed by atoms with van der Waals surface area (Å²) in [5.74, 6) is 0. The Balaban J connectivity index is 1.20. The van der Waals surface area contributed by atoms with Gasteiger partial charge in [-0.2, -0.15) is 0 Å². The van der Waals surface area contributed by atoms with Crippen LogP contribution in [0.25, 0.3) is 55.8 Å². The van der Waals surface area contributed by atoms with Gasteiger partial charge >= 0.3 is 0 Å². The van der Waals surface area contributed by atoms with Crippen LogP contribution in [0.2, 0.25) is 0 Å². The minimum absolute atomic E-state index is 0.0121. The normalized spacial score (nSPS) is 13.8. The molecule has 1 aromatic heterocycles. The SMILES string of the molecule is CCCCCCCCC1(CCCCCCCC)c2cc(C)ccc2-c2ccc(-c3ccc4c(c3)C(CCCCCCCC)(CCCCCCCC)c3cc(-c5ccc(-c6ccc(C)cn6)cc5)ccc3-4)cc21. The lowest BCUT2D eigenvalue weighted by Crippen LogP contribution is -2.26. The maximum atomic E-state index is 4.76. The highest BCUT2D eigenvalue weighted by Crippen LogP contribution is 2.58. The van der Waals surface area contributed by atoms with Crippen LogP contribution in [0.5, 0.6) is 0 Å². The summed E-state index contributed by atoms with van der Waals surface area (Å²) in [6.07, 6.45) is 39.0. The van der Waals surface area contributed by atoms with Crippen molar-refractivity contribution in [1.82, 2.24) is 4.98 Å². The topological polar surface area (TPSA) is 12.9 Å². The first kappa shape index (κ1) is 53.5. The van der Waals surface area contributed by atoms with Crippen LogP contribution in [-0.2, 0) is 10.8 Å². The summed E-state index contributed by atoms with van der Waals surface area (Å²) < 4.78 is 0. The second-order valence-corrected chi connectivity index (χ2v) is 22.9. The van der Waals surface area contributed by atoms with Crippen LogP contribution in [0.15, 0.2) is 115 Å². The molecule has 2 aliphatic rings. The summed E-state index contributed by atoms with van der Waals surface area (Å²) in [5, 5.41) is 0. The minimum atomic E-state index is -0.0121. The number of aromatic nitrogens is 1. The van der Waals surface area contributed by atoms with Crippen molar-refractivity contribution >= 4 is 0 Å². The molecule has 0 amide bonds. The number of unbranched alkanes of at least 4 members (excludes halogenated alkanes) is 20. The van der Waals surface area contributed by atoms with Gasteiger partial charge in [0.2, 0.25) is 0 Å². The van der Waals surface area contributed by atoms with Gasteiger partial charge < -0.3 is 0 Å². The largest absolute Gasteiger partial charge is 0.256 e. The van der Waals surface area contributed by atoms with Crippen LogP contribution in [0.1, 0.15) is 241 Å². The molecule has 0 fully saturated rings. The molecule has 1 nitrogen and oxygen atoms in total. The fraction of sp³-hybridized carbons (Fsp3) is 0.507. The molecule has 5 aromatic carbocycles. The van der Waals surface area contributed by atoms with Crippen molar-refractivity contribution in [3.63, 3.8) is 0 Å². The Bertz CT molecular complexity index is 2580. The van der Waals surface area contributed by atoms with E-state index in [0.29, 0.717) is 0 Å². The fourth-order valence-electron chi connectivity index (χ4n) is 13.3. The average Bonchev–Trinajstić information content (AvgIpc) is 3.82. The Kier molecular flexibility index (Phi) is 19.7. The molecule has 8 rings (SSSR count). The van der Waals surface area contributed by atoms with E-state index >= 15 is 0 Å². The summed E-state index contributed by atoms with van der Waals surface area (Å²) in [6, 6.07) is 44.0. The van der Waals surface area contributed by atoms with Crippen LogP contribution in [0, 0.1) is 13.8 Å². The lowest BCUT2D eigenvalue weighted by molar-refractivity contribution is 0.397. The van der Waals surface area contributed by atoms with Crippen LogP contribution >= 0.6 is 0 Å². The lowest BCUT2D eigenvalue weighted by Gasteiger charge is -2.34. The smallest absolute Gasteiger partial charge is 0.0702 e. The first-order valence-corrected chi connectivity index (χ1v) is 29.9. The maximum Gasteiger partial charge on any atom is 0.0702 e. The Hall–Kier alpha value is -4.75. The van der Waals surface area contributed by atoms with Gasteiger partial charge in [-0.25, -0.2) is 0 Å². The molecule has 382 valence electrons. The Morgan fingerprint density at radius 1 is 0.292 bits per heavy atom. The van der Waals surface area contributed by atoms with E-state index in [9.17, 15) is 0 Å². The van der Waals surface area contributed by atoms with Crippen LogP contribution in [0.4, 0.5) is 0 Å². The van der Waals surface area contributed by atoms with E-state index in [1.807, 2.05) is 6.20 Å². The van der Waals surface area contributed by atoms with E-state index in [4.69, 9.17) is 4.98 Å². The van der Waals surface area contributed by atoms with E-state index in [-0.39, 0.29) is 10.8 Å². The molecule has 0 saturated carbocycles. The number of nitrogens with zero attached hydrogens (tertiary/aromatic N) is 1. The van der Waals surface area contributed by atoms with Crippen molar-refractivity contribution in [2.75, 3.05) is 0 Å². The van der Waals surface area contributed by atoms with Gasteiger partial charge in [-0.05, 0) is 136 Å². The molecule has 0 bridgehead atoms. The number of rotatable bonds is 31. The van der Waals surface area contributed by atoms with Gasteiger partial charge in [-0.15, -0.1) is 0 Å². The second-order valence-electron chi connectivity index (χ2n) is 22.9. The zero-order valence-electron chi connectivity index (χ0n) is 46.2. The molecule has 2 aliphatic carbocycles. The molecule has 0 spiro atoms. The van der Waals surface area contributed by atoms with Gasteiger partial charge in [-0.1, -0.05) is 272 Å². The molecule has 0 radical (unpaired) electrons. The Morgan fingerprint density at radius 3 is 0.972 bits per heavy atom. The predicted octanol–water partition coefficient (Wildman–Crippen LogP) is 22.2. The van der Waals surface area contributed by atoms with Crippen molar-refractivity contribution in [2.45, 2.75) is 232 Å². The molecule has 0 aliphatic heterocycles. The van der Waals surface area contributed by atoms with Gasteiger partial charge in [0.1, 0.15) is 0 Å². The molecule has 6 aromatic rings. The van der Waals surface area contributed by atoms with Gasteiger partial charge in [0, 0.05) is 22.6 Å². The van der Waals surface area contributed by atoms with Gasteiger partial charge in [0.15, 0.2) is 0 Å². The summed E-state index contributed by atoms with van der Waals surface area (Å²) >= 11 is 0. The van der Waals surface area contributed by atoms with Crippen molar-refractivity contribution < 1.29 is 0 Å². The zero-order chi connectivity index (χ0) is 50.2. The van der Waals surface area contributed by atoms with Gasteiger partial charge in [0.25, 0.3) is 0 Å². The van der Waals surface area contributed by atoms with Crippen LogP contribution in [-0.4, -0.2) is 4.98 Å². The highest BCUT2D eigenvalue weighted by Gasteiger charge is 2.44. The third-order valence-electron chi connectivity index (χ3n) is 17.5. The summed E-state index contributed by atoms with van der Waals surface area (Å²) in [7, 11) is 0. The molecule has 0 N–H and O–H groups in total. The average molecular weight is 961 g/mol. The number of hydrogen-bond acceptors (Lipinski definition) is 1. The van der Waals surface area contributed by atoms with E-state index in [0.717, 1.165) is 5.69 Å². The summed E-state index contributed by atoms with van der Waals surface area (Å²) in [5.41, 5.74) is 22.6. The van der Waals surface area contributed by atoms with Crippen LogP contribution < -0.4 is 0 Å². The maximum absolute atomic E-state index is 4.76. The molecule has 0 saturated heterocycles. The Labute approximate surface area is 439 Å². The number of fused-ring (bicyclic) bond motifs is 6. The molecule has 1 heteroatoms. The highest BCUT2D eigenvalue weighted by atomic mass is 14.7. The standard InChI is InChI=1S/C71H93N/c1-7-11-15-19-23-27-45-70(46-28-24-20-16-12-8-2)65-49-54(5)31-40-61(65)62-42-38-59(51-67(62)70)60-39-43-64-63-41-37-58(56-33-35-57(36-34-56)69-44-32-55(6)53-72-69)50-66(63)71(68(64)52-60,47-29-25-21-17-13-9-3)48-30-26-22-18-14-10-4/h31-44,49-53H,7-30,45-48H2,1-6H3. The first-order valence-electron chi connectivity index (χ1n) is 29.9. The van der Waals surface area contributed by atoms with E-state index < -0.39 is 0 Å². The van der Waals surface area contributed by atoms with Gasteiger partial charge in [-0.3, -0.25) is 4.98 Å². The molecular weight excluding hydrogens is 867 g/mol. The van der Waals surface area contributed by atoms with E-state index in [1.54, 1.807) is 22.3 Å². The van der Waals surface area contributed by atoms with Crippen molar-refractivity contribution in [3.8, 4) is 55.8 Å². The Morgan fingerprint density at radius 2 is 0.597 bits per heavy atom. The number of aryl methyl sites for hydroxylation is 2. The molecule has 72 heavy (non-hydrogen) atoms. The van der Waals surface area contributed by atoms with Gasteiger partial charge in [0.05, 0.1) is 5.69 Å². The zero-order valence-corrected chi connectivity index (χ0v) is 46.2. The second kappa shape index (κ2) is 26.5. The number of hydrogen-bond donors (Lipinski definition) is 0. The number of benzene rings is 5. The number of pyridine rings is 1. The third-order valence-corrected chi connectivity index (χ3v) is 17.5. The minimum Gasteiger partial charge on any atom is -0.256 e. The highest BCUT2D eigenvalue weighted by molar-refractivity contribution is 5.88. The quantitative estimate of drug-likeness (QED) is 0.0396. The predicted molar refractivity (Wildman–Crippen MR) is 314 cm³/mol.